The first-order valence-corrected chi connectivity index (χ1v) is 8.85. The summed E-state index contributed by atoms with van der Waals surface area (Å²) in [7, 11) is 0. The average molecular weight is 338 g/mol. The van der Waals surface area contributed by atoms with E-state index in [1.165, 1.54) is 0 Å². The van der Waals surface area contributed by atoms with Crippen molar-refractivity contribution in [3.8, 4) is 12.1 Å². The standard InChI is InChI=1S/C18H18N4OS/c1-2-22-16(5-6-23)21-17(14-3-4-14)18(22)24-15-8-12(10-19)7-13(9-15)11-20/h7-9,14,23H,2-6H2,1H3. The van der Waals surface area contributed by atoms with Gasteiger partial charge in [-0.2, -0.15) is 10.5 Å². The quantitative estimate of drug-likeness (QED) is 0.874. The number of rotatable bonds is 6. The first-order valence-electron chi connectivity index (χ1n) is 8.03. The summed E-state index contributed by atoms with van der Waals surface area (Å²) in [5.41, 5.74) is 2.07. The summed E-state index contributed by atoms with van der Waals surface area (Å²) in [4.78, 5) is 5.64. The molecule has 1 heterocycles. The lowest BCUT2D eigenvalue weighted by Gasteiger charge is -2.10. The SMILES string of the molecule is CCn1c(CCO)nc(C2CC2)c1Sc1cc(C#N)cc(C#N)c1. The van der Waals surface area contributed by atoms with Crippen molar-refractivity contribution in [2.75, 3.05) is 6.61 Å². The fourth-order valence-corrected chi connectivity index (χ4v) is 4.01. The van der Waals surface area contributed by atoms with Gasteiger partial charge in [-0.15, -0.1) is 0 Å². The van der Waals surface area contributed by atoms with E-state index in [9.17, 15) is 5.11 Å². The Hall–Kier alpha value is -2.28. The largest absolute Gasteiger partial charge is 0.396 e. The topological polar surface area (TPSA) is 85.6 Å². The van der Waals surface area contributed by atoms with Crippen LogP contribution in [0.3, 0.4) is 0 Å². The van der Waals surface area contributed by atoms with Gasteiger partial charge in [-0.1, -0.05) is 11.8 Å². The second kappa shape index (κ2) is 7.09. The van der Waals surface area contributed by atoms with Crippen LogP contribution in [0.5, 0.6) is 0 Å². The molecule has 5 nitrogen and oxygen atoms in total. The molecule has 0 bridgehead atoms. The summed E-state index contributed by atoms with van der Waals surface area (Å²) in [5, 5.41) is 28.7. The van der Waals surface area contributed by atoms with Gasteiger partial charge in [0.05, 0.1) is 35.6 Å². The van der Waals surface area contributed by atoms with E-state index in [1.807, 2.05) is 0 Å². The van der Waals surface area contributed by atoms with Crippen LogP contribution in [0.15, 0.2) is 28.1 Å². The highest BCUT2D eigenvalue weighted by atomic mass is 32.2. The summed E-state index contributed by atoms with van der Waals surface area (Å²) in [6.07, 6.45) is 2.83. The molecule has 6 heteroatoms. The fraction of sp³-hybridized carbons (Fsp3) is 0.389. The lowest BCUT2D eigenvalue weighted by atomic mass is 10.1. The third-order valence-electron chi connectivity index (χ3n) is 4.02. The fourth-order valence-electron chi connectivity index (χ4n) is 2.75. The van der Waals surface area contributed by atoms with Gasteiger partial charge in [-0.05, 0) is 38.0 Å². The van der Waals surface area contributed by atoms with Crippen LogP contribution in [-0.4, -0.2) is 21.3 Å². The molecule has 1 N–H and O–H groups in total. The first kappa shape index (κ1) is 16.6. The number of benzene rings is 1. The number of aliphatic hydroxyl groups is 1. The van der Waals surface area contributed by atoms with Crippen LogP contribution in [0.25, 0.3) is 0 Å². The molecule has 0 amide bonds. The molecule has 1 aromatic heterocycles. The van der Waals surface area contributed by atoms with E-state index in [4.69, 9.17) is 15.5 Å². The molecule has 2 aromatic rings. The van der Waals surface area contributed by atoms with Crippen LogP contribution < -0.4 is 0 Å². The number of aromatic nitrogens is 2. The van der Waals surface area contributed by atoms with E-state index < -0.39 is 0 Å². The number of nitrogens with zero attached hydrogens (tertiary/aromatic N) is 4. The van der Waals surface area contributed by atoms with E-state index in [0.717, 1.165) is 40.8 Å². The van der Waals surface area contributed by atoms with Crippen molar-refractivity contribution < 1.29 is 5.11 Å². The Bertz CT molecular complexity index is 808. The van der Waals surface area contributed by atoms with Crippen molar-refractivity contribution in [3.63, 3.8) is 0 Å². The molecule has 0 aliphatic heterocycles. The smallest absolute Gasteiger partial charge is 0.112 e. The van der Waals surface area contributed by atoms with Gasteiger partial charge in [0.25, 0.3) is 0 Å². The molecule has 1 aromatic carbocycles. The Balaban J connectivity index is 2.03. The summed E-state index contributed by atoms with van der Waals surface area (Å²) in [6.45, 7) is 2.92. The van der Waals surface area contributed by atoms with Gasteiger partial charge in [0.15, 0.2) is 0 Å². The molecule has 0 radical (unpaired) electrons. The van der Waals surface area contributed by atoms with Crippen molar-refractivity contribution in [1.29, 1.82) is 10.5 Å². The highest BCUT2D eigenvalue weighted by Crippen LogP contribution is 2.45. The Morgan fingerprint density at radius 3 is 2.42 bits per heavy atom. The molecule has 0 unspecified atom stereocenters. The van der Waals surface area contributed by atoms with Crippen LogP contribution in [0.2, 0.25) is 0 Å². The zero-order valence-corrected chi connectivity index (χ0v) is 14.3. The number of imidazole rings is 1. The van der Waals surface area contributed by atoms with E-state index >= 15 is 0 Å². The van der Waals surface area contributed by atoms with E-state index in [2.05, 4.69) is 23.6 Å². The maximum atomic E-state index is 9.29. The highest BCUT2D eigenvalue weighted by Gasteiger charge is 2.31. The lowest BCUT2D eigenvalue weighted by Crippen LogP contribution is -2.05. The molecule has 1 saturated carbocycles. The molecule has 3 rings (SSSR count). The minimum atomic E-state index is 0.0771. The van der Waals surface area contributed by atoms with Gasteiger partial charge < -0.3 is 9.67 Å². The van der Waals surface area contributed by atoms with Gasteiger partial charge in [0.2, 0.25) is 0 Å². The zero-order chi connectivity index (χ0) is 17.1. The molecule has 1 fully saturated rings. The molecule has 1 aliphatic rings. The van der Waals surface area contributed by atoms with Gasteiger partial charge in [0.1, 0.15) is 10.9 Å². The summed E-state index contributed by atoms with van der Waals surface area (Å²) in [6, 6.07) is 9.43. The molecule has 1 aliphatic carbocycles. The van der Waals surface area contributed by atoms with Crippen molar-refractivity contribution in [2.24, 2.45) is 0 Å². The van der Waals surface area contributed by atoms with Crippen molar-refractivity contribution in [2.45, 2.75) is 48.6 Å². The highest BCUT2D eigenvalue weighted by molar-refractivity contribution is 7.99. The summed E-state index contributed by atoms with van der Waals surface area (Å²) < 4.78 is 2.14. The second-order valence-corrected chi connectivity index (χ2v) is 6.84. The molecular formula is C18H18N4OS. The zero-order valence-electron chi connectivity index (χ0n) is 13.5. The molecule has 0 atom stereocenters. The third kappa shape index (κ3) is 3.31. The van der Waals surface area contributed by atoms with Crippen molar-refractivity contribution in [1.82, 2.24) is 9.55 Å². The summed E-state index contributed by atoms with van der Waals surface area (Å²) >= 11 is 1.56. The number of hydrogen-bond donors (Lipinski definition) is 1. The molecule has 24 heavy (non-hydrogen) atoms. The number of hydrogen-bond acceptors (Lipinski definition) is 5. The molecule has 122 valence electrons. The van der Waals surface area contributed by atoms with Gasteiger partial charge >= 0.3 is 0 Å². The number of nitriles is 2. The monoisotopic (exact) mass is 338 g/mol. The third-order valence-corrected chi connectivity index (χ3v) is 5.11. The summed E-state index contributed by atoms with van der Waals surface area (Å²) in [5.74, 6) is 1.40. The molecule has 0 saturated heterocycles. The van der Waals surface area contributed by atoms with E-state index in [-0.39, 0.29) is 6.61 Å². The van der Waals surface area contributed by atoms with Crippen LogP contribution in [0.4, 0.5) is 0 Å². The Morgan fingerprint density at radius 2 is 1.92 bits per heavy atom. The van der Waals surface area contributed by atoms with E-state index in [0.29, 0.717) is 23.5 Å². The second-order valence-electron chi connectivity index (χ2n) is 5.78. The minimum Gasteiger partial charge on any atom is -0.396 e. The molecular weight excluding hydrogens is 320 g/mol. The Morgan fingerprint density at radius 1 is 1.25 bits per heavy atom. The lowest BCUT2D eigenvalue weighted by molar-refractivity contribution is 0.294. The van der Waals surface area contributed by atoms with Crippen molar-refractivity contribution >= 4 is 11.8 Å². The van der Waals surface area contributed by atoms with E-state index in [1.54, 1.807) is 30.0 Å². The predicted octanol–water partition coefficient (Wildman–Crippen LogP) is 3.21. The van der Waals surface area contributed by atoms with Crippen LogP contribution in [-0.2, 0) is 13.0 Å². The first-order chi connectivity index (χ1) is 11.7. The maximum absolute atomic E-state index is 9.29. The van der Waals surface area contributed by atoms with Gasteiger partial charge in [0, 0.05) is 23.8 Å². The Kier molecular flexibility index (Phi) is 4.89. The van der Waals surface area contributed by atoms with Gasteiger partial charge in [-0.25, -0.2) is 4.98 Å². The maximum Gasteiger partial charge on any atom is 0.112 e. The van der Waals surface area contributed by atoms with Crippen molar-refractivity contribution in [3.05, 3.63) is 40.8 Å². The normalized spacial score (nSPS) is 13.5. The predicted molar refractivity (Wildman–Crippen MR) is 90.7 cm³/mol. The van der Waals surface area contributed by atoms with Gasteiger partial charge in [-0.3, -0.25) is 0 Å². The average Bonchev–Trinajstić information content (AvgIpc) is 3.39. The van der Waals surface area contributed by atoms with Crippen LogP contribution in [0, 0.1) is 22.7 Å². The minimum absolute atomic E-state index is 0.0771. The number of aliphatic hydroxyl groups excluding tert-OH is 1. The Labute approximate surface area is 145 Å². The van der Waals surface area contributed by atoms with Crippen LogP contribution >= 0.6 is 11.8 Å². The van der Waals surface area contributed by atoms with Crippen LogP contribution in [0.1, 0.15) is 48.3 Å². The molecule has 0 spiro atoms.